The lowest BCUT2D eigenvalue weighted by Gasteiger charge is -2.24. The molecule has 0 bridgehead atoms. The van der Waals surface area contributed by atoms with Crippen LogP contribution in [0.1, 0.15) is 6.92 Å². The summed E-state index contributed by atoms with van der Waals surface area (Å²) in [6.07, 6.45) is 0. The van der Waals surface area contributed by atoms with Crippen molar-refractivity contribution in [3.8, 4) is 5.75 Å². The molecule has 3 rings (SSSR count). The highest BCUT2D eigenvalue weighted by Gasteiger charge is 2.27. The van der Waals surface area contributed by atoms with Gasteiger partial charge < -0.3 is 10.1 Å². The largest absolute Gasteiger partial charge is 0.494 e. The zero-order valence-corrected chi connectivity index (χ0v) is 17.9. The Morgan fingerprint density at radius 3 is 2.33 bits per heavy atom. The molecule has 30 heavy (non-hydrogen) atoms. The van der Waals surface area contributed by atoms with Gasteiger partial charge in [0.15, 0.2) is 0 Å². The van der Waals surface area contributed by atoms with Crippen LogP contribution in [0.4, 0.5) is 11.4 Å². The molecular weight excluding hydrogens is 424 g/mol. The van der Waals surface area contributed by atoms with Gasteiger partial charge in [-0.25, -0.2) is 8.42 Å². The number of amides is 1. The van der Waals surface area contributed by atoms with Gasteiger partial charge in [-0.05, 0) is 61.5 Å². The Morgan fingerprint density at radius 2 is 1.70 bits per heavy atom. The molecule has 156 valence electrons. The van der Waals surface area contributed by atoms with Gasteiger partial charge in [0.1, 0.15) is 12.3 Å². The molecule has 3 aromatic rings. The molecule has 0 aliphatic rings. The first-order valence-corrected chi connectivity index (χ1v) is 11.1. The summed E-state index contributed by atoms with van der Waals surface area (Å²) in [5, 5.41) is 3.15. The molecule has 0 saturated carbocycles. The predicted molar refractivity (Wildman–Crippen MR) is 119 cm³/mol. The number of carbonyl (C=O) groups excluding carboxylic acids is 1. The molecule has 0 unspecified atom stereocenters. The Bertz CT molecular complexity index is 1100. The van der Waals surface area contributed by atoms with Gasteiger partial charge in [0.05, 0.1) is 17.2 Å². The summed E-state index contributed by atoms with van der Waals surface area (Å²) in [5.41, 5.74) is 0.833. The van der Waals surface area contributed by atoms with E-state index in [1.807, 2.05) is 6.92 Å². The van der Waals surface area contributed by atoms with Crippen LogP contribution in [-0.2, 0) is 14.8 Å². The fraction of sp³-hybridized carbons (Fsp3) is 0.136. The Balaban J connectivity index is 1.92. The molecule has 0 atom stereocenters. The summed E-state index contributed by atoms with van der Waals surface area (Å²) in [5.74, 6) is 0.118. The number of rotatable bonds is 8. The van der Waals surface area contributed by atoms with Gasteiger partial charge in [-0.1, -0.05) is 35.9 Å². The normalized spacial score (nSPS) is 11.0. The van der Waals surface area contributed by atoms with Gasteiger partial charge in [0, 0.05) is 10.7 Å². The number of sulfonamides is 1. The monoisotopic (exact) mass is 444 g/mol. The first-order chi connectivity index (χ1) is 14.4. The van der Waals surface area contributed by atoms with Crippen molar-refractivity contribution in [3.05, 3.63) is 83.9 Å². The van der Waals surface area contributed by atoms with Crippen LogP contribution in [0.15, 0.2) is 83.8 Å². The van der Waals surface area contributed by atoms with Gasteiger partial charge in [-0.3, -0.25) is 9.10 Å². The quantitative estimate of drug-likeness (QED) is 0.552. The van der Waals surface area contributed by atoms with Crippen LogP contribution in [-0.4, -0.2) is 27.5 Å². The Kier molecular flexibility index (Phi) is 6.97. The summed E-state index contributed by atoms with van der Waals surface area (Å²) >= 11 is 5.95. The Morgan fingerprint density at radius 1 is 1.00 bits per heavy atom. The third-order valence-corrected chi connectivity index (χ3v) is 6.19. The van der Waals surface area contributed by atoms with Gasteiger partial charge in [0.25, 0.3) is 10.0 Å². The molecule has 6 nitrogen and oxygen atoms in total. The van der Waals surface area contributed by atoms with Gasteiger partial charge in [-0.2, -0.15) is 0 Å². The lowest BCUT2D eigenvalue weighted by molar-refractivity contribution is -0.114. The average molecular weight is 445 g/mol. The molecule has 0 spiro atoms. The summed E-state index contributed by atoms with van der Waals surface area (Å²) in [6.45, 7) is 1.95. The van der Waals surface area contributed by atoms with Crippen molar-refractivity contribution in [2.45, 2.75) is 11.8 Å². The van der Waals surface area contributed by atoms with E-state index in [0.29, 0.717) is 28.8 Å². The molecule has 8 heteroatoms. The number of ether oxygens (including phenoxy) is 1. The molecule has 3 aromatic carbocycles. The molecule has 1 amide bonds. The third-order valence-electron chi connectivity index (χ3n) is 4.16. The number of nitrogens with one attached hydrogen (secondary N) is 1. The highest BCUT2D eigenvalue weighted by molar-refractivity contribution is 7.92. The van der Waals surface area contributed by atoms with Crippen molar-refractivity contribution < 1.29 is 17.9 Å². The second-order valence-electron chi connectivity index (χ2n) is 6.31. The van der Waals surface area contributed by atoms with Crippen molar-refractivity contribution in [2.24, 2.45) is 0 Å². The van der Waals surface area contributed by atoms with Gasteiger partial charge in [0.2, 0.25) is 5.91 Å². The maximum Gasteiger partial charge on any atom is 0.264 e. The molecule has 1 N–H and O–H groups in total. The van der Waals surface area contributed by atoms with Crippen LogP contribution in [0.25, 0.3) is 0 Å². The third kappa shape index (κ3) is 5.31. The van der Waals surface area contributed by atoms with E-state index in [1.54, 1.807) is 66.7 Å². The number of hydrogen-bond donors (Lipinski definition) is 1. The fourth-order valence-electron chi connectivity index (χ4n) is 2.81. The topological polar surface area (TPSA) is 75.7 Å². The molecule has 0 fully saturated rings. The molecular formula is C22H21ClN2O4S. The van der Waals surface area contributed by atoms with E-state index in [2.05, 4.69) is 5.32 Å². The Labute approximate surface area is 181 Å². The van der Waals surface area contributed by atoms with E-state index in [0.717, 1.165) is 4.31 Å². The predicted octanol–water partition coefficient (Wildman–Crippen LogP) is 4.57. The highest BCUT2D eigenvalue weighted by Crippen LogP contribution is 2.26. The molecule has 0 radical (unpaired) electrons. The van der Waals surface area contributed by atoms with Crippen molar-refractivity contribution in [1.29, 1.82) is 0 Å². The molecule has 0 heterocycles. The average Bonchev–Trinajstić information content (AvgIpc) is 2.73. The zero-order valence-electron chi connectivity index (χ0n) is 16.3. The summed E-state index contributed by atoms with van der Waals surface area (Å²) < 4.78 is 33.0. The first kappa shape index (κ1) is 21.7. The maximum atomic E-state index is 13.3. The van der Waals surface area contributed by atoms with E-state index in [1.165, 1.54) is 12.1 Å². The minimum Gasteiger partial charge on any atom is -0.494 e. The van der Waals surface area contributed by atoms with Crippen LogP contribution >= 0.6 is 11.6 Å². The van der Waals surface area contributed by atoms with Crippen LogP contribution in [0.3, 0.4) is 0 Å². The van der Waals surface area contributed by atoms with Crippen LogP contribution in [0.2, 0.25) is 5.02 Å². The summed E-state index contributed by atoms with van der Waals surface area (Å²) in [7, 11) is -3.97. The lowest BCUT2D eigenvalue weighted by atomic mass is 10.3. The van der Waals surface area contributed by atoms with Crippen molar-refractivity contribution in [2.75, 3.05) is 22.8 Å². The van der Waals surface area contributed by atoms with Crippen LogP contribution < -0.4 is 14.4 Å². The van der Waals surface area contributed by atoms with Crippen molar-refractivity contribution in [1.82, 2.24) is 0 Å². The van der Waals surface area contributed by atoms with E-state index in [4.69, 9.17) is 16.3 Å². The minimum absolute atomic E-state index is 0.0921. The fourth-order valence-corrected chi connectivity index (χ4v) is 4.44. The van der Waals surface area contributed by atoms with E-state index in [9.17, 15) is 13.2 Å². The summed E-state index contributed by atoms with van der Waals surface area (Å²) in [4.78, 5) is 12.8. The second kappa shape index (κ2) is 9.65. The molecule has 0 saturated heterocycles. The Hall–Kier alpha value is -3.03. The van der Waals surface area contributed by atoms with E-state index in [-0.39, 0.29) is 4.90 Å². The molecule has 0 aromatic heterocycles. The molecule has 0 aliphatic carbocycles. The number of anilines is 2. The summed E-state index contributed by atoms with van der Waals surface area (Å²) in [6, 6.07) is 21.2. The van der Waals surface area contributed by atoms with Crippen molar-refractivity contribution in [3.63, 3.8) is 0 Å². The number of hydrogen-bond acceptors (Lipinski definition) is 4. The van der Waals surface area contributed by atoms with Gasteiger partial charge in [-0.15, -0.1) is 0 Å². The number of benzene rings is 3. The SMILES string of the molecule is CCOc1ccc(N(CC(=O)Nc2cccc(Cl)c2)S(=O)(=O)c2ccccc2)cc1. The van der Waals surface area contributed by atoms with Crippen LogP contribution in [0, 0.1) is 0 Å². The molecule has 0 aliphatic heterocycles. The van der Waals surface area contributed by atoms with E-state index < -0.39 is 22.5 Å². The standard InChI is InChI=1S/C22H21ClN2O4S/c1-2-29-20-13-11-19(12-14-20)25(30(27,28)21-9-4-3-5-10-21)16-22(26)24-18-8-6-7-17(23)15-18/h3-15H,2,16H2,1H3,(H,24,26). The van der Waals surface area contributed by atoms with Crippen molar-refractivity contribution >= 4 is 38.9 Å². The zero-order chi connectivity index (χ0) is 21.6. The van der Waals surface area contributed by atoms with Crippen LogP contribution in [0.5, 0.6) is 5.75 Å². The minimum atomic E-state index is -3.97. The second-order valence-corrected chi connectivity index (χ2v) is 8.61. The first-order valence-electron chi connectivity index (χ1n) is 9.26. The number of carbonyl (C=O) groups is 1. The van der Waals surface area contributed by atoms with Gasteiger partial charge >= 0.3 is 0 Å². The lowest BCUT2D eigenvalue weighted by Crippen LogP contribution is -2.38. The highest BCUT2D eigenvalue weighted by atomic mass is 35.5. The maximum absolute atomic E-state index is 13.3. The number of nitrogens with zero attached hydrogens (tertiary/aromatic N) is 1. The number of halogens is 1. The van der Waals surface area contributed by atoms with E-state index >= 15 is 0 Å². The smallest absolute Gasteiger partial charge is 0.264 e.